The first kappa shape index (κ1) is 68.2. The van der Waals surface area contributed by atoms with Gasteiger partial charge in [0, 0.05) is 92.3 Å². The van der Waals surface area contributed by atoms with E-state index in [0.717, 1.165) is 28.0 Å². The molecule has 12 aromatic rings. The van der Waals surface area contributed by atoms with Crippen LogP contribution in [0.5, 0.6) is 17.4 Å². The maximum atomic E-state index is 14.7. The van der Waals surface area contributed by atoms with E-state index >= 15 is 0 Å². The van der Waals surface area contributed by atoms with Crippen molar-refractivity contribution in [2.75, 3.05) is 56.4 Å². The van der Waals surface area contributed by atoms with Gasteiger partial charge in [-0.25, -0.2) is 40.6 Å². The largest absolute Gasteiger partial charge is 1.00 e. The van der Waals surface area contributed by atoms with Gasteiger partial charge in [0.1, 0.15) is 45.7 Å². The van der Waals surface area contributed by atoms with Crippen molar-refractivity contribution in [2.45, 2.75) is 20.4 Å². The number of H-pyrrole nitrogens is 1. The third-order valence-electron chi connectivity index (χ3n) is 15.7. The molecule has 0 saturated heterocycles. The number of hydrogen-bond donors (Lipinski definition) is 4. The number of aliphatic carboxylic acids is 1. The van der Waals surface area contributed by atoms with Crippen molar-refractivity contribution in [1.29, 1.82) is 0 Å². The van der Waals surface area contributed by atoms with Gasteiger partial charge in [-0.2, -0.15) is 0 Å². The fourth-order valence-electron chi connectivity index (χ4n) is 11.2. The second-order valence-electron chi connectivity index (χ2n) is 21.3. The summed E-state index contributed by atoms with van der Waals surface area (Å²) in [6.07, 6.45) is 5.17. The average Bonchev–Trinajstić information content (AvgIpc) is 1.66. The van der Waals surface area contributed by atoms with Gasteiger partial charge in [0.05, 0.1) is 87.1 Å². The standard InChI is InChI=1S/C32H26FN5O6S.C31H24FN5O6S.C2H4O2.HI.Na/c1-34-31(39)28-20-13-19(22-10-11-26-29(36-22)25-14-18-21(33)8-5-9-23(18)38(25)16-43-26)24(37(2)45(4,40)41)15-27(20)44-30(28)17-7-6-12-35-32(17)42-3;1-33-31(39)27-19-12-18(23(36(2)44(3,40)41)14-26(19)43-29(27)16-6-5-11-34-30(16)38)21-9-10-25-28(35-21)24-13-17-20(32)7-4-8-22(17)37(24)15-42-25;1-2(3)4;;/h5-15H,16H2,1-4H3,(H,34,39);4-14H,15H2,1-3H3,(H,33,39)(H,34,38);1H3,(H,3,4);1H;/q;;;;+1/p-1. The summed E-state index contributed by atoms with van der Waals surface area (Å²) in [5.41, 5.74) is 6.39. The Morgan fingerprint density at radius 2 is 1.07 bits per heavy atom. The summed E-state index contributed by atoms with van der Waals surface area (Å²) >= 11 is 0. The Balaban J connectivity index is 0.000000192. The quantitative estimate of drug-likeness (QED) is 0.104. The van der Waals surface area contributed by atoms with E-state index in [-0.39, 0.29) is 135 Å². The van der Waals surface area contributed by atoms with Crippen LogP contribution in [0.1, 0.15) is 27.6 Å². The number of ether oxygens (including phenoxy) is 3. The SMILES string of the molecule is CC(=O)O.CNC(=O)c1c(-c2ccc[nH]c2=O)oc2cc(N(C)S(C)(=O)=O)c(-c3ccc4c(n3)-c3cc5c(F)cccc5n3CO4)cc12.CNC(=O)c1c(-c2cccnc2OC)oc2cc(N(C)S(C)(=O)=O)c(-c3ccc4c(n3)-c3cc5c(F)cccc5n3CO4)cc12.[I-].[Na+]. The number of furan rings is 2. The number of pyridine rings is 4. The van der Waals surface area contributed by atoms with Crippen LogP contribution in [0.15, 0.2) is 147 Å². The number of fused-ring (bicyclic) bond motifs is 12. The minimum Gasteiger partial charge on any atom is -1.00 e. The zero-order valence-electron chi connectivity index (χ0n) is 52.0. The Morgan fingerprint density at radius 1 is 0.632 bits per heavy atom. The number of sulfonamides is 2. The van der Waals surface area contributed by atoms with Crippen molar-refractivity contribution in [3.05, 3.63) is 167 Å². The zero-order valence-corrected chi connectivity index (χ0v) is 57.7. The molecular weight excluding hydrogens is 1400 g/mol. The summed E-state index contributed by atoms with van der Waals surface area (Å²) in [5, 5.41) is 14.3. The second kappa shape index (κ2) is 26.6. The van der Waals surface area contributed by atoms with E-state index in [1.807, 2.05) is 9.13 Å². The van der Waals surface area contributed by atoms with Crippen molar-refractivity contribution in [3.8, 4) is 85.3 Å². The summed E-state index contributed by atoms with van der Waals surface area (Å²) in [6.45, 7) is 1.42. The van der Waals surface area contributed by atoms with Crippen LogP contribution in [-0.4, -0.2) is 117 Å². The molecular formula is C65H54F2IN10NaO14S2. The van der Waals surface area contributed by atoms with E-state index in [2.05, 4.69) is 20.6 Å². The number of benzene rings is 4. The van der Waals surface area contributed by atoms with Gasteiger partial charge in [0.25, 0.3) is 23.3 Å². The number of nitrogens with one attached hydrogen (secondary N) is 3. The van der Waals surface area contributed by atoms with Gasteiger partial charge in [-0.3, -0.25) is 27.8 Å². The molecule has 10 heterocycles. The Labute approximate surface area is 578 Å². The van der Waals surface area contributed by atoms with Crippen LogP contribution in [0, 0.1) is 11.6 Å². The van der Waals surface area contributed by atoms with Gasteiger partial charge in [0.15, 0.2) is 25.0 Å². The van der Waals surface area contributed by atoms with Gasteiger partial charge in [-0.15, -0.1) is 0 Å². The van der Waals surface area contributed by atoms with Crippen LogP contribution in [0.2, 0.25) is 0 Å². The molecule has 30 heteroatoms. The molecule has 482 valence electrons. The number of rotatable bonds is 11. The number of amides is 2. The van der Waals surface area contributed by atoms with Crippen molar-refractivity contribution in [2.24, 2.45) is 0 Å². The maximum Gasteiger partial charge on any atom is 1.00 e. The van der Waals surface area contributed by atoms with Crippen LogP contribution < -0.4 is 92.5 Å². The number of hydrogen-bond acceptors (Lipinski definition) is 16. The number of anilines is 2. The molecule has 0 bridgehead atoms. The van der Waals surface area contributed by atoms with Crippen LogP contribution in [-0.2, 0) is 38.3 Å². The molecule has 4 aromatic carbocycles. The number of halogens is 3. The second-order valence-corrected chi connectivity index (χ2v) is 25.4. The van der Waals surface area contributed by atoms with Gasteiger partial charge < -0.3 is 76.9 Å². The minimum atomic E-state index is -3.77. The number of carboxylic acid groups (broad SMARTS) is 1. The van der Waals surface area contributed by atoms with E-state index in [1.165, 1.54) is 65.8 Å². The number of carboxylic acids is 1. The van der Waals surface area contributed by atoms with E-state index in [9.17, 15) is 40.0 Å². The molecule has 2 aliphatic rings. The number of aromatic nitrogens is 6. The fourth-order valence-corrected chi connectivity index (χ4v) is 12.2. The fraction of sp³-hybridized carbons (Fsp3) is 0.154. The molecule has 0 unspecified atom stereocenters. The normalized spacial score (nSPS) is 12.0. The zero-order chi connectivity index (χ0) is 66.1. The summed E-state index contributed by atoms with van der Waals surface area (Å²) in [6, 6.07) is 32.8. The van der Waals surface area contributed by atoms with E-state index in [1.54, 1.807) is 103 Å². The van der Waals surface area contributed by atoms with Crippen LogP contribution in [0.4, 0.5) is 20.2 Å². The number of nitrogens with zero attached hydrogens (tertiary/aromatic N) is 7. The summed E-state index contributed by atoms with van der Waals surface area (Å²) in [7, 11) is -0.264. The molecule has 0 saturated carbocycles. The monoisotopic (exact) mass is 1450 g/mol. The Kier molecular flexibility index (Phi) is 19.1. The van der Waals surface area contributed by atoms with Crippen LogP contribution in [0.3, 0.4) is 0 Å². The molecule has 14 rings (SSSR count). The predicted octanol–water partition coefficient (Wildman–Crippen LogP) is 4.25. The first-order chi connectivity index (χ1) is 44.4. The molecule has 24 nitrogen and oxygen atoms in total. The molecule has 2 aliphatic heterocycles. The first-order valence-corrected chi connectivity index (χ1v) is 31.8. The molecule has 0 atom stereocenters. The summed E-state index contributed by atoms with van der Waals surface area (Å²) in [4.78, 5) is 64.9. The molecule has 0 aliphatic carbocycles. The van der Waals surface area contributed by atoms with Gasteiger partial charge >= 0.3 is 29.6 Å². The van der Waals surface area contributed by atoms with Crippen LogP contribution in [0.25, 0.3) is 112 Å². The van der Waals surface area contributed by atoms with Gasteiger partial charge in [-0.1, -0.05) is 12.1 Å². The number of carbonyl (C=O) groups excluding carboxylic acids is 2. The first-order valence-electron chi connectivity index (χ1n) is 28.1. The van der Waals surface area contributed by atoms with Gasteiger partial charge in [-0.05, 0) is 97.1 Å². The third-order valence-corrected chi connectivity index (χ3v) is 18.1. The van der Waals surface area contributed by atoms with E-state index < -0.39 is 43.4 Å². The van der Waals surface area contributed by atoms with Crippen molar-refractivity contribution >= 4 is 92.9 Å². The molecule has 0 fully saturated rings. The topological polar surface area (TPSA) is 306 Å². The number of aromatic amines is 1. The van der Waals surface area contributed by atoms with E-state index in [4.69, 9.17) is 42.9 Å². The molecule has 0 spiro atoms. The Hall–Kier alpha value is -9.66. The molecule has 2 amide bonds. The molecule has 95 heavy (non-hydrogen) atoms. The Bertz CT molecular complexity index is 5420. The maximum absolute atomic E-state index is 14.7. The molecule has 8 aromatic heterocycles. The Morgan fingerprint density at radius 3 is 1.49 bits per heavy atom. The predicted molar refractivity (Wildman–Crippen MR) is 344 cm³/mol. The van der Waals surface area contributed by atoms with E-state index in [0.29, 0.717) is 94.9 Å². The van der Waals surface area contributed by atoms with Gasteiger partial charge in [0.2, 0.25) is 25.9 Å². The minimum absolute atomic E-state index is 0. The van der Waals surface area contributed by atoms with Crippen molar-refractivity contribution in [3.63, 3.8) is 0 Å². The third kappa shape index (κ3) is 12.4. The molecule has 4 N–H and O–H groups in total. The van der Waals surface area contributed by atoms with Crippen LogP contribution >= 0.6 is 0 Å². The number of carbonyl (C=O) groups is 3. The smallest absolute Gasteiger partial charge is 1.00 e. The average molecular weight is 1450 g/mol. The summed E-state index contributed by atoms with van der Waals surface area (Å²) < 4.78 is 116. The van der Waals surface area contributed by atoms with Crippen molar-refractivity contribution < 1.29 is 122 Å². The number of methoxy groups -OCH3 is 1. The molecule has 0 radical (unpaired) electrons. The van der Waals surface area contributed by atoms with Crippen molar-refractivity contribution in [1.82, 2.24) is 39.7 Å². The summed E-state index contributed by atoms with van der Waals surface area (Å²) in [5.74, 6) is -1.05.